The number of aromatic nitrogens is 1. The molecule has 3 N–H and O–H groups in total. The maximum Gasteiger partial charge on any atom is 0.188 e. The second-order valence-electron chi connectivity index (χ2n) is 3.78. The fourth-order valence-electron chi connectivity index (χ4n) is 1.49. The van der Waals surface area contributed by atoms with Gasteiger partial charge in [-0.2, -0.15) is 0 Å². The lowest BCUT2D eigenvalue weighted by Crippen LogP contribution is -2.33. The van der Waals surface area contributed by atoms with E-state index < -0.39 is 0 Å². The molecule has 5 heteroatoms. The van der Waals surface area contributed by atoms with Gasteiger partial charge in [0.05, 0.1) is 6.54 Å². The molecule has 0 bridgehead atoms. The van der Waals surface area contributed by atoms with Gasteiger partial charge in [0.1, 0.15) is 0 Å². The summed E-state index contributed by atoms with van der Waals surface area (Å²) >= 11 is 1.69. The first kappa shape index (κ1) is 12.6. The standard InChI is InChI=1S/C13H16N4S/c14-13(17-10-12-5-3-9-18-12)16-8-6-11-4-1-2-7-15-11/h1-5,7,9H,6,8,10H2,(H3,14,16,17). The second-order valence-corrected chi connectivity index (χ2v) is 4.81. The van der Waals surface area contributed by atoms with Gasteiger partial charge in [0.15, 0.2) is 5.96 Å². The molecule has 0 fully saturated rings. The Morgan fingerprint density at radius 2 is 2.28 bits per heavy atom. The molecule has 0 atom stereocenters. The zero-order valence-electron chi connectivity index (χ0n) is 10.0. The fourth-order valence-corrected chi connectivity index (χ4v) is 2.11. The Balaban J connectivity index is 1.71. The Bertz CT molecular complexity index is 479. The lowest BCUT2D eigenvalue weighted by atomic mass is 10.3. The summed E-state index contributed by atoms with van der Waals surface area (Å²) < 4.78 is 0. The molecule has 18 heavy (non-hydrogen) atoms. The van der Waals surface area contributed by atoms with E-state index in [2.05, 4.69) is 21.4 Å². The maximum atomic E-state index is 5.78. The molecule has 2 aromatic rings. The number of pyridine rings is 1. The van der Waals surface area contributed by atoms with Gasteiger partial charge in [-0.3, -0.25) is 4.98 Å². The van der Waals surface area contributed by atoms with Crippen molar-refractivity contribution in [3.8, 4) is 0 Å². The maximum absolute atomic E-state index is 5.78. The zero-order valence-corrected chi connectivity index (χ0v) is 10.9. The molecule has 0 aliphatic carbocycles. The van der Waals surface area contributed by atoms with Crippen LogP contribution in [0.1, 0.15) is 10.6 Å². The molecule has 2 rings (SSSR count). The summed E-state index contributed by atoms with van der Waals surface area (Å²) in [4.78, 5) is 9.73. The number of thiophene rings is 1. The van der Waals surface area contributed by atoms with Gasteiger partial charge in [0, 0.05) is 29.7 Å². The summed E-state index contributed by atoms with van der Waals surface area (Å²) in [5, 5.41) is 5.12. The van der Waals surface area contributed by atoms with Crippen molar-refractivity contribution < 1.29 is 0 Å². The summed E-state index contributed by atoms with van der Waals surface area (Å²) in [5.41, 5.74) is 6.83. The molecular formula is C13H16N4S. The number of hydrogen-bond donors (Lipinski definition) is 2. The number of rotatable bonds is 5. The van der Waals surface area contributed by atoms with E-state index in [0.717, 1.165) is 18.7 Å². The number of nitrogens with zero attached hydrogens (tertiary/aromatic N) is 2. The molecule has 2 aromatic heterocycles. The number of nitrogens with one attached hydrogen (secondary N) is 1. The van der Waals surface area contributed by atoms with Crippen LogP contribution in [0.2, 0.25) is 0 Å². The SMILES string of the molecule is NC(=NCc1cccs1)NCCc1ccccn1. The topological polar surface area (TPSA) is 63.3 Å². The van der Waals surface area contributed by atoms with Crippen LogP contribution in [0, 0.1) is 0 Å². The van der Waals surface area contributed by atoms with E-state index in [1.807, 2.05) is 29.6 Å². The summed E-state index contributed by atoms with van der Waals surface area (Å²) in [6.45, 7) is 1.39. The summed E-state index contributed by atoms with van der Waals surface area (Å²) in [6.07, 6.45) is 2.64. The van der Waals surface area contributed by atoms with Crippen molar-refractivity contribution in [3.63, 3.8) is 0 Å². The monoisotopic (exact) mass is 260 g/mol. The van der Waals surface area contributed by atoms with Crippen molar-refractivity contribution >= 4 is 17.3 Å². The van der Waals surface area contributed by atoms with E-state index >= 15 is 0 Å². The van der Waals surface area contributed by atoms with E-state index in [0.29, 0.717) is 12.5 Å². The van der Waals surface area contributed by atoms with Crippen LogP contribution in [0.15, 0.2) is 46.9 Å². The molecule has 0 unspecified atom stereocenters. The molecule has 94 valence electrons. The molecule has 0 radical (unpaired) electrons. The van der Waals surface area contributed by atoms with Gasteiger partial charge in [-0.05, 0) is 23.6 Å². The normalized spacial score (nSPS) is 11.4. The first-order chi connectivity index (χ1) is 8.84. The van der Waals surface area contributed by atoms with Gasteiger partial charge >= 0.3 is 0 Å². The lowest BCUT2D eigenvalue weighted by Gasteiger charge is -2.04. The van der Waals surface area contributed by atoms with Gasteiger partial charge in [-0.25, -0.2) is 4.99 Å². The number of nitrogens with two attached hydrogens (primary N) is 1. The van der Waals surface area contributed by atoms with Gasteiger partial charge in [0.2, 0.25) is 0 Å². The van der Waals surface area contributed by atoms with Crippen LogP contribution in [0.3, 0.4) is 0 Å². The minimum atomic E-state index is 0.485. The molecule has 0 saturated carbocycles. The Morgan fingerprint density at radius 1 is 1.33 bits per heavy atom. The highest BCUT2D eigenvalue weighted by Gasteiger charge is 1.95. The van der Waals surface area contributed by atoms with Crippen LogP contribution in [0.25, 0.3) is 0 Å². The molecule has 4 nitrogen and oxygen atoms in total. The van der Waals surface area contributed by atoms with Crippen LogP contribution < -0.4 is 11.1 Å². The predicted molar refractivity (Wildman–Crippen MR) is 75.6 cm³/mol. The van der Waals surface area contributed by atoms with Gasteiger partial charge in [-0.15, -0.1) is 11.3 Å². The third-order valence-electron chi connectivity index (χ3n) is 2.40. The highest BCUT2D eigenvalue weighted by Crippen LogP contribution is 2.08. The smallest absolute Gasteiger partial charge is 0.188 e. The van der Waals surface area contributed by atoms with Crippen LogP contribution in [-0.4, -0.2) is 17.5 Å². The Morgan fingerprint density at radius 3 is 3.00 bits per heavy atom. The largest absolute Gasteiger partial charge is 0.370 e. The highest BCUT2D eigenvalue weighted by atomic mass is 32.1. The van der Waals surface area contributed by atoms with E-state index in [1.54, 1.807) is 17.5 Å². The average Bonchev–Trinajstić information content (AvgIpc) is 2.91. The number of hydrogen-bond acceptors (Lipinski definition) is 3. The Kier molecular flexibility index (Phi) is 4.72. The molecule has 0 saturated heterocycles. The van der Waals surface area contributed by atoms with Crippen LogP contribution in [0.5, 0.6) is 0 Å². The van der Waals surface area contributed by atoms with Crippen LogP contribution in [0.4, 0.5) is 0 Å². The van der Waals surface area contributed by atoms with Crippen molar-refractivity contribution in [1.82, 2.24) is 10.3 Å². The quantitative estimate of drug-likeness (QED) is 0.636. The first-order valence-electron chi connectivity index (χ1n) is 5.80. The van der Waals surface area contributed by atoms with Crippen LogP contribution in [-0.2, 0) is 13.0 Å². The minimum Gasteiger partial charge on any atom is -0.370 e. The highest BCUT2D eigenvalue weighted by molar-refractivity contribution is 7.09. The molecule has 2 heterocycles. The predicted octanol–water partition coefficient (Wildman–Crippen LogP) is 1.79. The van der Waals surface area contributed by atoms with E-state index in [9.17, 15) is 0 Å². The molecule has 0 aromatic carbocycles. The van der Waals surface area contributed by atoms with Gasteiger partial charge in [0.25, 0.3) is 0 Å². The van der Waals surface area contributed by atoms with Gasteiger partial charge in [-0.1, -0.05) is 12.1 Å². The Labute approximate surface area is 111 Å². The lowest BCUT2D eigenvalue weighted by molar-refractivity contribution is 0.828. The average molecular weight is 260 g/mol. The summed E-state index contributed by atoms with van der Waals surface area (Å²) in [7, 11) is 0. The molecule has 0 amide bonds. The molecule has 0 spiro atoms. The van der Waals surface area contributed by atoms with Crippen molar-refractivity contribution in [1.29, 1.82) is 0 Å². The molecule has 0 aliphatic heterocycles. The molecular weight excluding hydrogens is 244 g/mol. The molecule has 0 aliphatic rings. The van der Waals surface area contributed by atoms with Crippen molar-refractivity contribution in [3.05, 3.63) is 52.5 Å². The van der Waals surface area contributed by atoms with Crippen molar-refractivity contribution in [2.24, 2.45) is 10.7 Å². The second kappa shape index (κ2) is 6.76. The van der Waals surface area contributed by atoms with E-state index in [-0.39, 0.29) is 0 Å². The van der Waals surface area contributed by atoms with Crippen molar-refractivity contribution in [2.75, 3.05) is 6.54 Å². The van der Waals surface area contributed by atoms with Crippen molar-refractivity contribution in [2.45, 2.75) is 13.0 Å². The summed E-state index contributed by atoms with van der Waals surface area (Å²) in [5.74, 6) is 0.485. The first-order valence-corrected chi connectivity index (χ1v) is 6.68. The number of guanidine groups is 1. The fraction of sp³-hybridized carbons (Fsp3) is 0.231. The summed E-state index contributed by atoms with van der Waals surface area (Å²) in [6, 6.07) is 9.96. The zero-order chi connectivity index (χ0) is 12.6. The van der Waals surface area contributed by atoms with E-state index in [4.69, 9.17) is 5.73 Å². The van der Waals surface area contributed by atoms with E-state index in [1.165, 1.54) is 4.88 Å². The minimum absolute atomic E-state index is 0.485. The van der Waals surface area contributed by atoms with Gasteiger partial charge < -0.3 is 11.1 Å². The third kappa shape index (κ3) is 4.18. The third-order valence-corrected chi connectivity index (χ3v) is 3.26. The Hall–Kier alpha value is -1.88. The number of aliphatic imine (C=N–C) groups is 1. The van der Waals surface area contributed by atoms with Crippen LogP contribution >= 0.6 is 11.3 Å².